The van der Waals surface area contributed by atoms with Crippen molar-refractivity contribution in [3.63, 3.8) is 0 Å². The van der Waals surface area contributed by atoms with Gasteiger partial charge in [-0.25, -0.2) is 0 Å². The van der Waals surface area contributed by atoms with E-state index in [1.807, 2.05) is 18.4 Å². The first-order valence-electron chi connectivity index (χ1n) is 6.70. The number of likely N-dealkylation sites (N-methyl/N-ethyl adjacent to an activating group) is 1. The Morgan fingerprint density at radius 3 is 3.11 bits per heavy atom. The van der Waals surface area contributed by atoms with E-state index >= 15 is 0 Å². The van der Waals surface area contributed by atoms with Crippen LogP contribution >= 0.6 is 0 Å². The Balaban J connectivity index is 1.65. The molecule has 3 nitrogen and oxygen atoms in total. The molecule has 1 aromatic heterocycles. The lowest BCUT2D eigenvalue weighted by Crippen LogP contribution is -2.34. The number of para-hydroxylation sites is 1. The van der Waals surface area contributed by atoms with Crippen molar-refractivity contribution < 1.29 is 4.42 Å². The van der Waals surface area contributed by atoms with E-state index in [-0.39, 0.29) is 0 Å². The molecule has 96 valence electrons. The molecule has 0 spiro atoms. The third kappa shape index (κ3) is 2.28. The molecule has 0 saturated carbocycles. The molecule has 18 heavy (non-hydrogen) atoms. The molecule has 3 rings (SSSR count). The molecule has 1 saturated heterocycles. The molecule has 1 N–H and O–H groups in total. The van der Waals surface area contributed by atoms with Gasteiger partial charge in [0.05, 0.1) is 6.26 Å². The van der Waals surface area contributed by atoms with E-state index in [1.54, 1.807) is 0 Å². The Labute approximate surface area is 108 Å². The average Bonchev–Trinajstić information content (AvgIpc) is 3.06. The van der Waals surface area contributed by atoms with Crippen LogP contribution in [0.4, 0.5) is 0 Å². The van der Waals surface area contributed by atoms with Gasteiger partial charge in [-0.2, -0.15) is 0 Å². The van der Waals surface area contributed by atoms with Crippen LogP contribution in [0.25, 0.3) is 11.0 Å². The van der Waals surface area contributed by atoms with E-state index in [1.165, 1.54) is 17.4 Å². The SMILES string of the molecule is CN(CCc1coc2ccccc12)C1CCNC1. The van der Waals surface area contributed by atoms with Crippen LogP contribution in [0.1, 0.15) is 12.0 Å². The lowest BCUT2D eigenvalue weighted by Gasteiger charge is -2.22. The van der Waals surface area contributed by atoms with Gasteiger partial charge in [0.15, 0.2) is 0 Å². The smallest absolute Gasteiger partial charge is 0.134 e. The molecule has 1 aliphatic rings. The predicted molar refractivity (Wildman–Crippen MR) is 73.8 cm³/mol. The summed E-state index contributed by atoms with van der Waals surface area (Å²) in [6.45, 7) is 3.38. The first kappa shape index (κ1) is 11.8. The van der Waals surface area contributed by atoms with Crippen LogP contribution in [-0.2, 0) is 6.42 Å². The van der Waals surface area contributed by atoms with Gasteiger partial charge in [0, 0.05) is 24.5 Å². The Hall–Kier alpha value is -1.32. The fourth-order valence-electron chi connectivity index (χ4n) is 2.72. The maximum Gasteiger partial charge on any atom is 0.134 e. The standard InChI is InChI=1S/C15H20N2O/c1-17(13-6-8-16-10-13)9-7-12-11-18-15-5-3-2-4-14(12)15/h2-5,11,13,16H,6-10H2,1H3. The average molecular weight is 244 g/mol. The van der Waals surface area contributed by atoms with Gasteiger partial charge >= 0.3 is 0 Å². The van der Waals surface area contributed by atoms with Crippen LogP contribution in [0.5, 0.6) is 0 Å². The fraction of sp³-hybridized carbons (Fsp3) is 0.467. The van der Waals surface area contributed by atoms with Crippen molar-refractivity contribution in [3.05, 3.63) is 36.1 Å². The second-order valence-electron chi connectivity index (χ2n) is 5.13. The van der Waals surface area contributed by atoms with Crippen LogP contribution in [0.3, 0.4) is 0 Å². The molecule has 3 heteroatoms. The number of furan rings is 1. The molecular formula is C15H20N2O. The molecule has 1 aliphatic heterocycles. The summed E-state index contributed by atoms with van der Waals surface area (Å²) in [7, 11) is 2.22. The highest BCUT2D eigenvalue weighted by atomic mass is 16.3. The second kappa shape index (κ2) is 5.12. The molecule has 0 bridgehead atoms. The maximum absolute atomic E-state index is 5.58. The summed E-state index contributed by atoms with van der Waals surface area (Å²) in [5.41, 5.74) is 2.32. The minimum absolute atomic E-state index is 0.697. The highest BCUT2D eigenvalue weighted by Crippen LogP contribution is 2.21. The van der Waals surface area contributed by atoms with Gasteiger partial charge in [-0.05, 0) is 38.1 Å². The zero-order valence-electron chi connectivity index (χ0n) is 10.9. The summed E-state index contributed by atoms with van der Waals surface area (Å²) in [6.07, 6.45) is 4.23. The zero-order valence-corrected chi connectivity index (χ0v) is 10.9. The number of nitrogens with zero attached hydrogens (tertiary/aromatic N) is 1. The van der Waals surface area contributed by atoms with Gasteiger partial charge in [-0.1, -0.05) is 18.2 Å². The molecule has 1 unspecified atom stereocenters. The van der Waals surface area contributed by atoms with E-state index in [9.17, 15) is 0 Å². The van der Waals surface area contributed by atoms with Crippen molar-refractivity contribution >= 4 is 11.0 Å². The molecule has 0 radical (unpaired) electrons. The topological polar surface area (TPSA) is 28.4 Å². The fourth-order valence-corrected chi connectivity index (χ4v) is 2.72. The van der Waals surface area contributed by atoms with Gasteiger partial charge in [0.2, 0.25) is 0 Å². The third-order valence-corrected chi connectivity index (χ3v) is 3.95. The minimum Gasteiger partial charge on any atom is -0.464 e. The Morgan fingerprint density at radius 2 is 2.28 bits per heavy atom. The summed E-state index contributed by atoms with van der Waals surface area (Å²) in [4.78, 5) is 2.46. The number of hydrogen-bond donors (Lipinski definition) is 1. The summed E-state index contributed by atoms with van der Waals surface area (Å²) in [5, 5.41) is 4.68. The van der Waals surface area contributed by atoms with Gasteiger partial charge in [0.25, 0.3) is 0 Å². The van der Waals surface area contributed by atoms with Crippen molar-refractivity contribution in [1.29, 1.82) is 0 Å². The van der Waals surface area contributed by atoms with E-state index in [0.29, 0.717) is 6.04 Å². The van der Waals surface area contributed by atoms with Crippen LogP contribution in [0.2, 0.25) is 0 Å². The predicted octanol–water partition coefficient (Wildman–Crippen LogP) is 2.27. The lowest BCUT2D eigenvalue weighted by atomic mass is 10.1. The van der Waals surface area contributed by atoms with E-state index < -0.39 is 0 Å². The van der Waals surface area contributed by atoms with Crippen LogP contribution in [0.15, 0.2) is 34.9 Å². The number of fused-ring (bicyclic) bond motifs is 1. The monoisotopic (exact) mass is 244 g/mol. The number of benzene rings is 1. The number of rotatable bonds is 4. The number of hydrogen-bond acceptors (Lipinski definition) is 3. The van der Waals surface area contributed by atoms with Crippen LogP contribution < -0.4 is 5.32 Å². The molecule has 1 atom stereocenters. The van der Waals surface area contributed by atoms with Crippen molar-refractivity contribution in [2.24, 2.45) is 0 Å². The Kier molecular flexibility index (Phi) is 3.35. The highest BCUT2D eigenvalue weighted by molar-refractivity contribution is 5.80. The maximum atomic E-state index is 5.58. The largest absolute Gasteiger partial charge is 0.464 e. The molecule has 2 aromatic rings. The van der Waals surface area contributed by atoms with Gasteiger partial charge in [0.1, 0.15) is 5.58 Å². The van der Waals surface area contributed by atoms with Gasteiger partial charge in [-0.3, -0.25) is 0 Å². The summed E-state index contributed by atoms with van der Waals surface area (Å²) < 4.78 is 5.58. The highest BCUT2D eigenvalue weighted by Gasteiger charge is 2.19. The van der Waals surface area contributed by atoms with E-state index in [4.69, 9.17) is 4.42 Å². The van der Waals surface area contributed by atoms with E-state index in [2.05, 4.69) is 29.4 Å². The molecule has 0 aliphatic carbocycles. The first-order chi connectivity index (χ1) is 8.84. The van der Waals surface area contributed by atoms with Crippen LogP contribution in [0, 0.1) is 0 Å². The zero-order chi connectivity index (χ0) is 12.4. The molecule has 1 fully saturated rings. The lowest BCUT2D eigenvalue weighted by molar-refractivity contribution is 0.260. The van der Waals surface area contributed by atoms with Crippen molar-refractivity contribution in [1.82, 2.24) is 10.2 Å². The Bertz CT molecular complexity index is 514. The van der Waals surface area contributed by atoms with Gasteiger partial charge in [-0.15, -0.1) is 0 Å². The minimum atomic E-state index is 0.697. The molecular weight excluding hydrogens is 224 g/mol. The Morgan fingerprint density at radius 1 is 1.39 bits per heavy atom. The third-order valence-electron chi connectivity index (χ3n) is 3.95. The summed E-state index contributed by atoms with van der Waals surface area (Å²) in [6, 6.07) is 8.97. The van der Waals surface area contributed by atoms with Gasteiger partial charge < -0.3 is 14.6 Å². The molecule has 2 heterocycles. The van der Waals surface area contributed by atoms with E-state index in [0.717, 1.165) is 31.6 Å². The second-order valence-corrected chi connectivity index (χ2v) is 5.13. The number of nitrogens with one attached hydrogen (secondary N) is 1. The van der Waals surface area contributed by atoms with Crippen LogP contribution in [-0.4, -0.2) is 37.6 Å². The molecule has 0 amide bonds. The summed E-state index contributed by atoms with van der Waals surface area (Å²) in [5.74, 6) is 0. The summed E-state index contributed by atoms with van der Waals surface area (Å²) >= 11 is 0. The normalized spacial score (nSPS) is 20.0. The van der Waals surface area contributed by atoms with Crippen molar-refractivity contribution in [3.8, 4) is 0 Å². The van der Waals surface area contributed by atoms with Crippen molar-refractivity contribution in [2.45, 2.75) is 18.9 Å². The first-order valence-corrected chi connectivity index (χ1v) is 6.70. The van der Waals surface area contributed by atoms with Crippen molar-refractivity contribution in [2.75, 3.05) is 26.7 Å². The quantitative estimate of drug-likeness (QED) is 0.894. The molecule has 1 aromatic carbocycles.